The highest BCUT2D eigenvalue weighted by Crippen LogP contribution is 2.02. The first kappa shape index (κ1) is 13.9. The van der Waals surface area contributed by atoms with Crippen LogP contribution in [0.2, 0.25) is 0 Å². The van der Waals surface area contributed by atoms with Crippen molar-refractivity contribution in [3.8, 4) is 0 Å². The van der Waals surface area contributed by atoms with Gasteiger partial charge in [-0.2, -0.15) is 0 Å². The van der Waals surface area contributed by atoms with Crippen molar-refractivity contribution >= 4 is 11.8 Å². The molecule has 0 aliphatic carbocycles. The Kier molecular flexibility index (Phi) is 5.93. The van der Waals surface area contributed by atoms with Gasteiger partial charge in [-0.15, -0.1) is 0 Å². The Morgan fingerprint density at radius 2 is 1.93 bits per heavy atom. The van der Waals surface area contributed by atoms with E-state index in [-0.39, 0.29) is 17.7 Å². The van der Waals surface area contributed by atoms with Gasteiger partial charge in [-0.3, -0.25) is 9.59 Å². The third kappa shape index (κ3) is 4.78. The van der Waals surface area contributed by atoms with E-state index in [1.54, 1.807) is 14.1 Å². The average Bonchev–Trinajstić information content (AvgIpc) is 2.22. The first-order valence-electron chi connectivity index (χ1n) is 5.11. The molecule has 0 saturated heterocycles. The maximum Gasteiger partial charge on any atom is 0.239 e. The van der Waals surface area contributed by atoms with Crippen LogP contribution in [0.4, 0.5) is 0 Å². The molecular weight excluding hydrogens is 194 g/mol. The maximum absolute atomic E-state index is 11.7. The minimum Gasteiger partial charge on any atom is -0.359 e. The number of nitrogens with zero attached hydrogens (tertiary/aromatic N) is 1. The molecule has 5 heteroatoms. The van der Waals surface area contributed by atoms with Crippen LogP contribution in [0.1, 0.15) is 20.3 Å². The van der Waals surface area contributed by atoms with Gasteiger partial charge < -0.3 is 16.0 Å². The molecule has 0 radical (unpaired) electrons. The number of nitrogens with one attached hydrogen (secondary N) is 1. The number of amides is 2. The molecule has 0 rings (SSSR count). The van der Waals surface area contributed by atoms with Crippen molar-refractivity contribution in [2.75, 3.05) is 20.6 Å². The molecule has 0 unspecified atom stereocenters. The molecule has 0 aromatic heterocycles. The van der Waals surface area contributed by atoms with Crippen LogP contribution >= 0.6 is 0 Å². The first-order chi connectivity index (χ1) is 6.90. The van der Waals surface area contributed by atoms with Crippen molar-refractivity contribution < 1.29 is 9.59 Å². The number of hydrogen-bond donors (Lipinski definition) is 2. The molecule has 15 heavy (non-hydrogen) atoms. The molecule has 0 aromatic rings. The average molecular weight is 215 g/mol. The van der Waals surface area contributed by atoms with Crippen LogP contribution in [0.3, 0.4) is 0 Å². The second kappa shape index (κ2) is 6.40. The molecule has 0 spiro atoms. The van der Waals surface area contributed by atoms with Crippen molar-refractivity contribution in [3.05, 3.63) is 0 Å². The van der Waals surface area contributed by atoms with Gasteiger partial charge in [0.2, 0.25) is 11.8 Å². The fourth-order valence-corrected chi connectivity index (χ4v) is 1.04. The molecule has 0 saturated carbocycles. The molecular formula is C10H21N3O2. The number of carbonyl (C=O) groups is 2. The topological polar surface area (TPSA) is 75.4 Å². The predicted octanol–water partition coefficient (Wildman–Crippen LogP) is -0.436. The van der Waals surface area contributed by atoms with E-state index in [1.807, 2.05) is 13.8 Å². The molecule has 1 atom stereocenters. The Labute approximate surface area is 91.0 Å². The van der Waals surface area contributed by atoms with Crippen LogP contribution in [0.25, 0.3) is 0 Å². The minimum atomic E-state index is -0.486. The van der Waals surface area contributed by atoms with Gasteiger partial charge >= 0.3 is 0 Å². The third-order valence-corrected chi connectivity index (χ3v) is 2.33. The Bertz CT molecular complexity index is 229. The van der Waals surface area contributed by atoms with Gasteiger partial charge in [-0.1, -0.05) is 13.8 Å². The lowest BCUT2D eigenvalue weighted by Gasteiger charge is -2.23. The van der Waals surface area contributed by atoms with E-state index in [1.165, 1.54) is 4.90 Å². The van der Waals surface area contributed by atoms with Crippen molar-refractivity contribution in [2.24, 2.45) is 11.7 Å². The molecule has 0 aliphatic rings. The van der Waals surface area contributed by atoms with Gasteiger partial charge in [-0.05, 0) is 5.92 Å². The van der Waals surface area contributed by atoms with Gasteiger partial charge in [0.25, 0.3) is 0 Å². The number of carbonyl (C=O) groups excluding carboxylic acids is 2. The molecule has 5 nitrogen and oxygen atoms in total. The molecule has 0 aliphatic heterocycles. The standard InChI is InChI=1S/C10H21N3O2/c1-7(2)9(11)10(15)13(4)6-5-8(14)12-3/h7,9H,5-6,11H2,1-4H3,(H,12,14)/t9-/m0/s1. The summed E-state index contributed by atoms with van der Waals surface area (Å²) in [6, 6.07) is -0.486. The second-order valence-electron chi connectivity index (χ2n) is 3.95. The Hall–Kier alpha value is -1.10. The summed E-state index contributed by atoms with van der Waals surface area (Å²) in [4.78, 5) is 24.1. The van der Waals surface area contributed by atoms with Crippen LogP contribution in [0.5, 0.6) is 0 Å². The highest BCUT2D eigenvalue weighted by Gasteiger charge is 2.20. The molecule has 2 amide bonds. The van der Waals surface area contributed by atoms with Gasteiger partial charge in [-0.25, -0.2) is 0 Å². The largest absolute Gasteiger partial charge is 0.359 e. The summed E-state index contributed by atoms with van der Waals surface area (Å²) in [5.41, 5.74) is 5.71. The number of likely N-dealkylation sites (N-methyl/N-ethyl adjacent to an activating group) is 1. The molecule has 88 valence electrons. The van der Waals surface area contributed by atoms with Gasteiger partial charge in [0.1, 0.15) is 0 Å². The summed E-state index contributed by atoms with van der Waals surface area (Å²) in [5, 5.41) is 2.50. The van der Waals surface area contributed by atoms with E-state index >= 15 is 0 Å². The summed E-state index contributed by atoms with van der Waals surface area (Å²) in [7, 11) is 3.23. The lowest BCUT2D eigenvalue weighted by Crippen LogP contribution is -2.45. The minimum absolute atomic E-state index is 0.0761. The summed E-state index contributed by atoms with van der Waals surface area (Å²) in [6.45, 7) is 4.20. The number of nitrogens with two attached hydrogens (primary N) is 1. The van der Waals surface area contributed by atoms with Crippen LogP contribution in [0.15, 0.2) is 0 Å². The van der Waals surface area contributed by atoms with E-state index in [0.717, 1.165) is 0 Å². The number of rotatable bonds is 5. The highest BCUT2D eigenvalue weighted by atomic mass is 16.2. The summed E-state index contributed by atoms with van der Waals surface area (Å²) >= 11 is 0. The van der Waals surface area contributed by atoms with E-state index in [9.17, 15) is 9.59 Å². The van der Waals surface area contributed by atoms with Gasteiger partial charge in [0.15, 0.2) is 0 Å². The fraction of sp³-hybridized carbons (Fsp3) is 0.800. The van der Waals surface area contributed by atoms with E-state index in [2.05, 4.69) is 5.32 Å². The van der Waals surface area contributed by atoms with E-state index in [0.29, 0.717) is 13.0 Å². The van der Waals surface area contributed by atoms with E-state index < -0.39 is 6.04 Å². The molecule has 0 heterocycles. The van der Waals surface area contributed by atoms with Crippen LogP contribution < -0.4 is 11.1 Å². The predicted molar refractivity (Wildman–Crippen MR) is 59.1 cm³/mol. The Balaban J connectivity index is 4.04. The van der Waals surface area contributed by atoms with Crippen molar-refractivity contribution in [2.45, 2.75) is 26.3 Å². The van der Waals surface area contributed by atoms with Crippen molar-refractivity contribution in [3.63, 3.8) is 0 Å². The zero-order chi connectivity index (χ0) is 12.0. The van der Waals surface area contributed by atoms with Crippen molar-refractivity contribution in [1.82, 2.24) is 10.2 Å². The monoisotopic (exact) mass is 215 g/mol. The van der Waals surface area contributed by atoms with Gasteiger partial charge in [0, 0.05) is 27.1 Å². The van der Waals surface area contributed by atoms with E-state index in [4.69, 9.17) is 5.73 Å². The number of hydrogen-bond acceptors (Lipinski definition) is 3. The normalized spacial score (nSPS) is 12.4. The van der Waals surface area contributed by atoms with Gasteiger partial charge in [0.05, 0.1) is 6.04 Å². The fourth-order valence-electron chi connectivity index (χ4n) is 1.04. The Morgan fingerprint density at radius 3 is 2.33 bits per heavy atom. The second-order valence-corrected chi connectivity index (χ2v) is 3.95. The SMILES string of the molecule is CNC(=O)CCN(C)C(=O)[C@@H](N)C(C)C. The molecule has 0 aromatic carbocycles. The zero-order valence-electron chi connectivity index (χ0n) is 9.91. The van der Waals surface area contributed by atoms with Crippen LogP contribution in [0, 0.1) is 5.92 Å². The van der Waals surface area contributed by atoms with Crippen LogP contribution in [-0.4, -0.2) is 43.4 Å². The lowest BCUT2D eigenvalue weighted by molar-refractivity contribution is -0.132. The zero-order valence-corrected chi connectivity index (χ0v) is 9.91. The highest BCUT2D eigenvalue weighted by molar-refractivity contribution is 5.82. The van der Waals surface area contributed by atoms with Crippen LogP contribution in [-0.2, 0) is 9.59 Å². The quantitative estimate of drug-likeness (QED) is 0.653. The maximum atomic E-state index is 11.7. The molecule has 0 fully saturated rings. The lowest BCUT2D eigenvalue weighted by atomic mass is 10.0. The molecule has 3 N–H and O–H groups in total. The third-order valence-electron chi connectivity index (χ3n) is 2.33. The summed E-state index contributed by atoms with van der Waals surface area (Å²) in [5.74, 6) is -0.0818. The van der Waals surface area contributed by atoms with Crippen molar-refractivity contribution in [1.29, 1.82) is 0 Å². The molecule has 0 bridgehead atoms. The first-order valence-corrected chi connectivity index (χ1v) is 5.11. The smallest absolute Gasteiger partial charge is 0.239 e. The summed E-state index contributed by atoms with van der Waals surface area (Å²) < 4.78 is 0. The Morgan fingerprint density at radius 1 is 1.40 bits per heavy atom. The summed E-state index contributed by atoms with van der Waals surface area (Å²) in [6.07, 6.45) is 0.309.